The lowest BCUT2D eigenvalue weighted by molar-refractivity contribution is 0.200. The van der Waals surface area contributed by atoms with Gasteiger partial charge in [-0.2, -0.15) is 8.42 Å². The van der Waals surface area contributed by atoms with Gasteiger partial charge in [0.2, 0.25) is 0 Å². The Hall–Kier alpha value is 0.220. The minimum atomic E-state index is -3.84. The Morgan fingerprint density at radius 2 is 2.20 bits per heavy atom. The van der Waals surface area contributed by atoms with E-state index in [0.717, 1.165) is 0 Å². The van der Waals surface area contributed by atoms with Crippen LogP contribution in [0.2, 0.25) is 0 Å². The van der Waals surface area contributed by atoms with E-state index in [9.17, 15) is 8.42 Å². The highest BCUT2D eigenvalue weighted by Crippen LogP contribution is 2.09. The summed E-state index contributed by atoms with van der Waals surface area (Å²) in [7, 11) is -1.78. The Kier molecular flexibility index (Phi) is 5.06. The van der Waals surface area contributed by atoms with E-state index in [1.54, 1.807) is 0 Å². The second-order valence-corrected chi connectivity index (χ2v) is 5.07. The summed E-state index contributed by atoms with van der Waals surface area (Å²) in [5.41, 5.74) is 0. The van der Waals surface area contributed by atoms with Crippen LogP contribution in [0.3, 0.4) is 0 Å². The summed E-state index contributed by atoms with van der Waals surface area (Å²) >= 11 is 0. The smallest absolute Gasteiger partial charge is 0.319 e. The first kappa shape index (κ1) is 10.2. The Morgan fingerprint density at radius 1 is 1.60 bits per heavy atom. The third kappa shape index (κ3) is 8.22. The molecule has 0 saturated heterocycles. The van der Waals surface area contributed by atoms with Crippen molar-refractivity contribution < 1.29 is 17.7 Å². The second kappa shape index (κ2) is 4.95. The fourth-order valence-electron chi connectivity index (χ4n) is 0.367. The summed E-state index contributed by atoms with van der Waals surface area (Å²) in [5.74, 6) is 0.368. The molecular formula is C4H10O4S2. The average molecular weight is 186 g/mol. The van der Waals surface area contributed by atoms with Crippen LogP contribution in [0.25, 0.3) is 0 Å². The summed E-state index contributed by atoms with van der Waals surface area (Å²) in [6, 6.07) is 0. The molecule has 0 bridgehead atoms. The molecule has 0 unspecified atom stereocenters. The van der Waals surface area contributed by atoms with Crippen molar-refractivity contribution in [1.29, 1.82) is 0 Å². The van der Waals surface area contributed by atoms with Gasteiger partial charge in [-0.3, -0.25) is 4.55 Å². The van der Waals surface area contributed by atoms with Crippen LogP contribution in [0, 0.1) is 0 Å². The lowest BCUT2D eigenvalue weighted by atomic mass is 10.5. The number of rotatable bonds is 5. The van der Waals surface area contributed by atoms with Gasteiger partial charge in [0.05, 0.1) is 0 Å². The maximum Gasteiger partial charge on any atom is 0.319 e. The molecule has 0 aromatic heterocycles. The molecule has 6 heteroatoms. The van der Waals surface area contributed by atoms with Crippen LogP contribution in [-0.2, 0) is 13.9 Å². The molecule has 1 N–H and O–H groups in total. The maximum absolute atomic E-state index is 10.1. The van der Waals surface area contributed by atoms with Crippen molar-refractivity contribution in [1.82, 2.24) is 0 Å². The Morgan fingerprint density at radius 3 is 2.60 bits per heavy atom. The topological polar surface area (TPSA) is 63.6 Å². The van der Waals surface area contributed by atoms with Crippen LogP contribution in [-0.4, -0.2) is 32.4 Å². The molecule has 0 fully saturated rings. The monoisotopic (exact) mass is 186 g/mol. The molecule has 0 rings (SSSR count). The largest absolute Gasteiger partial charge is 0.385 e. The number of methoxy groups -OCH3 is 1. The third-order valence-corrected chi connectivity index (χ3v) is 2.87. The fourth-order valence-corrected chi connectivity index (χ4v) is 1.80. The summed E-state index contributed by atoms with van der Waals surface area (Å²) in [5, 5.41) is 0. The quantitative estimate of drug-likeness (QED) is 0.386. The van der Waals surface area contributed by atoms with E-state index in [1.165, 1.54) is 7.11 Å². The van der Waals surface area contributed by atoms with Crippen LogP contribution >= 0.6 is 10.8 Å². The molecule has 0 aliphatic rings. The standard InChI is InChI=1S/C4H10O4S2/c1-8-3-2-4-9-10(5,6)7/h2-4H2,1H3,(H,5,6,7). The van der Waals surface area contributed by atoms with Crippen LogP contribution in [0.5, 0.6) is 0 Å². The normalized spacial score (nSPS) is 11.8. The van der Waals surface area contributed by atoms with E-state index in [0.29, 0.717) is 29.6 Å². The summed E-state index contributed by atoms with van der Waals surface area (Å²) in [4.78, 5) is 0. The van der Waals surface area contributed by atoms with Crippen molar-refractivity contribution in [2.45, 2.75) is 6.42 Å². The van der Waals surface area contributed by atoms with Gasteiger partial charge in [-0.25, -0.2) is 0 Å². The Bertz CT molecular complexity index is 162. The van der Waals surface area contributed by atoms with Crippen LogP contribution in [0.1, 0.15) is 6.42 Å². The molecule has 0 aliphatic carbocycles. The van der Waals surface area contributed by atoms with E-state index in [4.69, 9.17) is 4.55 Å². The van der Waals surface area contributed by atoms with Crippen molar-refractivity contribution in [2.75, 3.05) is 19.5 Å². The predicted molar refractivity (Wildman–Crippen MR) is 40.5 cm³/mol. The minimum Gasteiger partial charge on any atom is -0.385 e. The third-order valence-electron chi connectivity index (χ3n) is 0.725. The SMILES string of the molecule is COCCCSS(=O)(=O)O. The van der Waals surface area contributed by atoms with E-state index < -0.39 is 9.15 Å². The average Bonchev–Trinajstić information content (AvgIpc) is 1.78. The molecule has 0 aromatic carbocycles. The molecule has 0 heterocycles. The number of hydrogen-bond donors (Lipinski definition) is 1. The van der Waals surface area contributed by atoms with Crippen molar-refractivity contribution in [2.24, 2.45) is 0 Å². The van der Waals surface area contributed by atoms with Gasteiger partial charge in [-0.05, 0) is 17.2 Å². The molecule has 0 spiro atoms. The number of hydrogen-bond acceptors (Lipinski definition) is 4. The molecule has 62 valence electrons. The predicted octanol–water partition coefficient (Wildman–Crippen LogP) is 0.559. The summed E-state index contributed by atoms with van der Waals surface area (Å²) in [6.45, 7) is 0.516. The van der Waals surface area contributed by atoms with Gasteiger partial charge in [0, 0.05) is 19.5 Å². The second-order valence-electron chi connectivity index (χ2n) is 1.60. The molecule has 10 heavy (non-hydrogen) atoms. The van der Waals surface area contributed by atoms with Gasteiger partial charge >= 0.3 is 9.15 Å². The lowest BCUT2D eigenvalue weighted by Gasteiger charge is -1.95. The van der Waals surface area contributed by atoms with Crippen molar-refractivity contribution >= 4 is 19.9 Å². The van der Waals surface area contributed by atoms with Gasteiger partial charge in [-0.15, -0.1) is 0 Å². The zero-order valence-electron chi connectivity index (χ0n) is 5.61. The minimum absolute atomic E-state index is 0.368. The molecule has 4 nitrogen and oxygen atoms in total. The zero-order valence-corrected chi connectivity index (χ0v) is 7.24. The van der Waals surface area contributed by atoms with Crippen molar-refractivity contribution in [3.05, 3.63) is 0 Å². The van der Waals surface area contributed by atoms with E-state index in [2.05, 4.69) is 4.74 Å². The van der Waals surface area contributed by atoms with E-state index in [-0.39, 0.29) is 0 Å². The first-order valence-corrected chi connectivity index (χ1v) is 5.61. The highest BCUT2D eigenvalue weighted by Gasteiger charge is 2.02. The fraction of sp³-hybridized carbons (Fsp3) is 1.00. The first-order chi connectivity index (χ1) is 4.56. The summed E-state index contributed by atoms with van der Waals surface area (Å²) < 4.78 is 33.0. The zero-order chi connectivity index (χ0) is 8.04. The Labute approximate surface area is 64.1 Å². The molecular weight excluding hydrogens is 176 g/mol. The number of ether oxygens (including phenoxy) is 1. The van der Waals surface area contributed by atoms with Crippen molar-refractivity contribution in [3.8, 4) is 0 Å². The maximum atomic E-state index is 10.1. The van der Waals surface area contributed by atoms with Gasteiger partial charge in [0.1, 0.15) is 0 Å². The van der Waals surface area contributed by atoms with Crippen LogP contribution in [0.15, 0.2) is 0 Å². The van der Waals surface area contributed by atoms with Gasteiger partial charge in [0.15, 0.2) is 0 Å². The van der Waals surface area contributed by atoms with E-state index >= 15 is 0 Å². The molecule has 0 aliphatic heterocycles. The molecule has 0 atom stereocenters. The highest BCUT2D eigenvalue weighted by atomic mass is 33.1. The summed E-state index contributed by atoms with van der Waals surface area (Å²) in [6.07, 6.45) is 0.626. The van der Waals surface area contributed by atoms with Gasteiger partial charge < -0.3 is 4.74 Å². The van der Waals surface area contributed by atoms with E-state index in [1.807, 2.05) is 0 Å². The molecule has 0 amide bonds. The highest BCUT2D eigenvalue weighted by molar-refractivity contribution is 8.69. The van der Waals surface area contributed by atoms with Crippen LogP contribution in [0.4, 0.5) is 0 Å². The van der Waals surface area contributed by atoms with Gasteiger partial charge in [-0.1, -0.05) is 0 Å². The first-order valence-electron chi connectivity index (χ1n) is 2.67. The Balaban J connectivity index is 3.21. The van der Waals surface area contributed by atoms with Crippen LogP contribution < -0.4 is 0 Å². The molecule has 0 aromatic rings. The van der Waals surface area contributed by atoms with Crippen molar-refractivity contribution in [3.63, 3.8) is 0 Å². The molecule has 0 radical (unpaired) electrons. The van der Waals surface area contributed by atoms with Gasteiger partial charge in [0.25, 0.3) is 0 Å². The molecule has 0 saturated carbocycles. The lowest BCUT2D eigenvalue weighted by Crippen LogP contribution is -1.95.